The normalized spacial score (nSPS) is 23.0. The smallest absolute Gasteiger partial charge is 0.123 e. The minimum Gasteiger partial charge on any atom is -0.312 e. The van der Waals surface area contributed by atoms with Gasteiger partial charge in [0.05, 0.1) is 11.6 Å². The van der Waals surface area contributed by atoms with Crippen LogP contribution in [0.5, 0.6) is 0 Å². The van der Waals surface area contributed by atoms with E-state index in [1.807, 2.05) is 0 Å². The number of nitrogens with zero attached hydrogens (tertiary/aromatic N) is 1. The third-order valence-electron chi connectivity index (χ3n) is 4.07. The molecule has 1 aromatic carbocycles. The molecule has 1 fully saturated rings. The van der Waals surface area contributed by atoms with Gasteiger partial charge in [0.15, 0.2) is 0 Å². The van der Waals surface area contributed by atoms with Gasteiger partial charge in [-0.15, -0.1) is 0 Å². The van der Waals surface area contributed by atoms with Crippen LogP contribution in [0.15, 0.2) is 18.2 Å². The molecule has 3 heteroatoms. The first kappa shape index (κ1) is 14.0. The molecule has 0 bridgehead atoms. The fraction of sp³-hybridized carbons (Fsp3) is 0.562. The number of benzene rings is 1. The summed E-state index contributed by atoms with van der Waals surface area (Å²) in [6, 6.07) is 6.45. The second-order valence-corrected chi connectivity index (χ2v) is 5.67. The van der Waals surface area contributed by atoms with E-state index < -0.39 is 0 Å². The van der Waals surface area contributed by atoms with Crippen molar-refractivity contribution in [2.75, 3.05) is 6.54 Å². The average Bonchev–Trinajstić information content (AvgIpc) is 2.41. The van der Waals surface area contributed by atoms with Crippen molar-refractivity contribution >= 4 is 0 Å². The van der Waals surface area contributed by atoms with Gasteiger partial charge in [-0.25, -0.2) is 4.39 Å². The molecule has 1 aliphatic carbocycles. The van der Waals surface area contributed by atoms with Crippen LogP contribution in [0.1, 0.15) is 43.7 Å². The topological polar surface area (TPSA) is 35.8 Å². The van der Waals surface area contributed by atoms with Gasteiger partial charge in [-0.2, -0.15) is 5.26 Å². The molecular formula is C16H21FN2. The van der Waals surface area contributed by atoms with Crippen LogP contribution in [0, 0.1) is 29.0 Å². The highest BCUT2D eigenvalue weighted by Crippen LogP contribution is 2.27. The SMILES string of the molecule is CC1CCC(CNCc2cc(F)ccc2C#N)CC1. The quantitative estimate of drug-likeness (QED) is 0.897. The second kappa shape index (κ2) is 6.68. The van der Waals surface area contributed by atoms with Crippen LogP contribution < -0.4 is 5.32 Å². The van der Waals surface area contributed by atoms with Gasteiger partial charge < -0.3 is 5.32 Å². The maximum absolute atomic E-state index is 13.2. The Morgan fingerprint density at radius 1 is 1.32 bits per heavy atom. The van der Waals surface area contributed by atoms with Crippen molar-refractivity contribution in [3.05, 3.63) is 35.1 Å². The van der Waals surface area contributed by atoms with Crippen LogP contribution in [-0.4, -0.2) is 6.54 Å². The molecule has 0 heterocycles. The van der Waals surface area contributed by atoms with Crippen LogP contribution in [-0.2, 0) is 6.54 Å². The van der Waals surface area contributed by atoms with E-state index >= 15 is 0 Å². The molecule has 2 nitrogen and oxygen atoms in total. The molecule has 0 unspecified atom stereocenters. The molecule has 0 radical (unpaired) electrons. The van der Waals surface area contributed by atoms with Crippen LogP contribution in [0.25, 0.3) is 0 Å². The molecule has 0 atom stereocenters. The minimum absolute atomic E-state index is 0.276. The predicted molar refractivity (Wildman–Crippen MR) is 73.9 cm³/mol. The Bertz CT molecular complexity index is 456. The lowest BCUT2D eigenvalue weighted by atomic mass is 9.83. The third-order valence-corrected chi connectivity index (χ3v) is 4.07. The van der Waals surface area contributed by atoms with Gasteiger partial charge in [0.2, 0.25) is 0 Å². The summed E-state index contributed by atoms with van der Waals surface area (Å²) in [6.07, 6.45) is 5.19. The highest BCUT2D eigenvalue weighted by Gasteiger charge is 2.17. The predicted octanol–water partition coefficient (Wildman–Crippen LogP) is 3.61. The number of hydrogen-bond donors (Lipinski definition) is 1. The Kier molecular flexibility index (Phi) is 4.93. The monoisotopic (exact) mass is 260 g/mol. The molecular weight excluding hydrogens is 239 g/mol. The van der Waals surface area contributed by atoms with Crippen LogP contribution in [0.2, 0.25) is 0 Å². The molecule has 2 rings (SSSR count). The molecule has 1 N–H and O–H groups in total. The molecule has 19 heavy (non-hydrogen) atoms. The zero-order valence-electron chi connectivity index (χ0n) is 11.5. The van der Waals surface area contributed by atoms with Crippen molar-refractivity contribution in [1.82, 2.24) is 5.32 Å². The van der Waals surface area contributed by atoms with Gasteiger partial charge >= 0.3 is 0 Å². The lowest BCUT2D eigenvalue weighted by molar-refractivity contribution is 0.281. The summed E-state index contributed by atoms with van der Waals surface area (Å²) in [5.41, 5.74) is 1.32. The van der Waals surface area contributed by atoms with E-state index in [0.29, 0.717) is 12.1 Å². The van der Waals surface area contributed by atoms with Crippen LogP contribution >= 0.6 is 0 Å². The zero-order chi connectivity index (χ0) is 13.7. The Labute approximate surface area is 114 Å². The summed E-state index contributed by atoms with van der Waals surface area (Å²) >= 11 is 0. The van der Waals surface area contributed by atoms with E-state index in [-0.39, 0.29) is 5.82 Å². The molecule has 102 valence electrons. The Hall–Kier alpha value is -1.40. The average molecular weight is 260 g/mol. The number of rotatable bonds is 4. The van der Waals surface area contributed by atoms with Gasteiger partial charge in [0.1, 0.15) is 5.82 Å². The number of nitrogens with one attached hydrogen (secondary N) is 1. The van der Waals surface area contributed by atoms with Gasteiger partial charge in [-0.1, -0.05) is 19.8 Å². The first-order chi connectivity index (χ1) is 9.19. The minimum atomic E-state index is -0.276. The van der Waals surface area contributed by atoms with Crippen molar-refractivity contribution < 1.29 is 4.39 Å². The molecule has 0 amide bonds. The summed E-state index contributed by atoms with van der Waals surface area (Å²) in [4.78, 5) is 0. The van der Waals surface area contributed by atoms with Crippen molar-refractivity contribution in [2.24, 2.45) is 11.8 Å². The Morgan fingerprint density at radius 3 is 2.74 bits per heavy atom. The summed E-state index contributed by atoms with van der Waals surface area (Å²) < 4.78 is 13.2. The van der Waals surface area contributed by atoms with E-state index in [0.717, 1.165) is 23.9 Å². The largest absolute Gasteiger partial charge is 0.312 e. The maximum atomic E-state index is 13.2. The van der Waals surface area contributed by atoms with E-state index in [4.69, 9.17) is 5.26 Å². The highest BCUT2D eigenvalue weighted by molar-refractivity contribution is 5.37. The van der Waals surface area contributed by atoms with E-state index in [1.165, 1.54) is 37.8 Å². The van der Waals surface area contributed by atoms with Crippen LogP contribution in [0.4, 0.5) is 4.39 Å². The fourth-order valence-electron chi connectivity index (χ4n) is 2.76. The van der Waals surface area contributed by atoms with Crippen LogP contribution in [0.3, 0.4) is 0 Å². The zero-order valence-corrected chi connectivity index (χ0v) is 11.5. The second-order valence-electron chi connectivity index (χ2n) is 5.67. The van der Waals surface area contributed by atoms with Gasteiger partial charge in [-0.05, 0) is 55.0 Å². The van der Waals surface area contributed by atoms with Gasteiger partial charge in [0, 0.05) is 6.54 Å². The van der Waals surface area contributed by atoms with E-state index in [2.05, 4.69) is 18.3 Å². The molecule has 1 saturated carbocycles. The van der Waals surface area contributed by atoms with Crippen molar-refractivity contribution in [3.8, 4) is 6.07 Å². The fourth-order valence-corrected chi connectivity index (χ4v) is 2.76. The first-order valence-electron chi connectivity index (χ1n) is 7.08. The molecule has 0 saturated heterocycles. The Balaban J connectivity index is 1.83. The lowest BCUT2D eigenvalue weighted by Crippen LogP contribution is -2.26. The maximum Gasteiger partial charge on any atom is 0.123 e. The summed E-state index contributed by atoms with van der Waals surface area (Å²) in [5.74, 6) is 1.32. The highest BCUT2D eigenvalue weighted by atomic mass is 19.1. The lowest BCUT2D eigenvalue weighted by Gasteiger charge is -2.26. The number of halogens is 1. The third kappa shape index (κ3) is 4.04. The van der Waals surface area contributed by atoms with Crippen molar-refractivity contribution in [1.29, 1.82) is 5.26 Å². The Morgan fingerprint density at radius 2 is 2.05 bits per heavy atom. The summed E-state index contributed by atoms with van der Waals surface area (Å²) in [5, 5.41) is 12.4. The first-order valence-corrected chi connectivity index (χ1v) is 7.08. The number of hydrogen-bond acceptors (Lipinski definition) is 2. The van der Waals surface area contributed by atoms with E-state index in [9.17, 15) is 4.39 Å². The summed E-state index contributed by atoms with van der Waals surface area (Å²) in [6.45, 7) is 3.86. The molecule has 1 aliphatic rings. The molecule has 0 aliphatic heterocycles. The van der Waals surface area contributed by atoms with Crippen molar-refractivity contribution in [2.45, 2.75) is 39.2 Å². The molecule has 0 aromatic heterocycles. The van der Waals surface area contributed by atoms with E-state index in [1.54, 1.807) is 6.07 Å². The van der Waals surface area contributed by atoms with Gasteiger partial charge in [0.25, 0.3) is 0 Å². The standard InChI is InChI=1S/C16H21FN2/c1-12-2-4-13(5-3-12)10-19-11-15-8-16(17)7-6-14(15)9-18/h6-8,12-13,19H,2-5,10-11H2,1H3. The summed E-state index contributed by atoms with van der Waals surface area (Å²) in [7, 11) is 0. The van der Waals surface area contributed by atoms with Gasteiger partial charge in [-0.3, -0.25) is 0 Å². The molecule has 1 aromatic rings. The van der Waals surface area contributed by atoms with Crippen molar-refractivity contribution in [3.63, 3.8) is 0 Å². The number of nitriles is 1. The molecule has 0 spiro atoms.